The van der Waals surface area contributed by atoms with E-state index in [-0.39, 0.29) is 0 Å². The van der Waals surface area contributed by atoms with Crippen molar-refractivity contribution in [3.8, 4) is 11.8 Å². The van der Waals surface area contributed by atoms with Crippen LogP contribution in [0.25, 0.3) is 0 Å². The van der Waals surface area contributed by atoms with E-state index in [2.05, 4.69) is 11.4 Å². The third kappa shape index (κ3) is 3.48. The molecule has 3 heteroatoms. The number of ether oxygens (including phenoxy) is 1. The van der Waals surface area contributed by atoms with E-state index >= 15 is 0 Å². The molecule has 1 unspecified atom stereocenters. The third-order valence-electron chi connectivity index (χ3n) is 3.36. The van der Waals surface area contributed by atoms with Crippen LogP contribution in [0.3, 0.4) is 0 Å². The molecule has 96 valence electrons. The highest BCUT2D eigenvalue weighted by Crippen LogP contribution is 2.22. The summed E-state index contributed by atoms with van der Waals surface area (Å²) in [7, 11) is 0. The van der Waals surface area contributed by atoms with Crippen molar-refractivity contribution >= 4 is 0 Å². The predicted octanol–water partition coefficient (Wildman–Crippen LogP) is 2.44. The summed E-state index contributed by atoms with van der Waals surface area (Å²) in [5, 5.41) is 12.2. The highest BCUT2D eigenvalue weighted by atomic mass is 16.5. The van der Waals surface area contributed by atoms with Crippen molar-refractivity contribution in [3.63, 3.8) is 0 Å². The first-order valence-corrected chi connectivity index (χ1v) is 6.59. The second kappa shape index (κ2) is 6.42. The first kappa shape index (κ1) is 12.9. The van der Waals surface area contributed by atoms with Crippen molar-refractivity contribution in [1.29, 1.82) is 5.26 Å². The van der Waals surface area contributed by atoms with Gasteiger partial charge in [0.05, 0.1) is 19.1 Å². The summed E-state index contributed by atoms with van der Waals surface area (Å²) in [6, 6.07) is 8.26. The summed E-state index contributed by atoms with van der Waals surface area (Å²) in [6.45, 7) is 4.95. The fraction of sp³-hybridized carbons (Fsp3) is 0.533. The minimum absolute atomic E-state index is 0.417. The number of nitriles is 1. The zero-order valence-electron chi connectivity index (χ0n) is 10.9. The summed E-state index contributed by atoms with van der Waals surface area (Å²) < 4.78 is 5.89. The summed E-state index contributed by atoms with van der Waals surface area (Å²) in [5.41, 5.74) is 2.17. The molecular weight excluding hydrogens is 224 g/mol. The molecule has 0 amide bonds. The number of nitrogens with zero attached hydrogens (tertiary/aromatic N) is 1. The third-order valence-corrected chi connectivity index (χ3v) is 3.36. The molecule has 18 heavy (non-hydrogen) atoms. The minimum Gasteiger partial charge on any atom is -0.493 e. The molecule has 2 rings (SSSR count). The van der Waals surface area contributed by atoms with Crippen molar-refractivity contribution in [1.82, 2.24) is 5.32 Å². The molecule has 0 aromatic heterocycles. The zero-order valence-corrected chi connectivity index (χ0v) is 10.9. The normalized spacial score (nSPS) is 19.2. The van der Waals surface area contributed by atoms with Crippen LogP contribution >= 0.6 is 0 Å². The lowest BCUT2D eigenvalue weighted by Crippen LogP contribution is -2.33. The van der Waals surface area contributed by atoms with Crippen LogP contribution in [0.15, 0.2) is 18.2 Å². The van der Waals surface area contributed by atoms with Crippen LogP contribution in [0, 0.1) is 24.2 Å². The summed E-state index contributed by atoms with van der Waals surface area (Å²) in [6.07, 6.45) is 2.87. The lowest BCUT2D eigenvalue weighted by molar-refractivity contribution is 0.217. The fourth-order valence-electron chi connectivity index (χ4n) is 2.35. The fourth-order valence-corrected chi connectivity index (χ4v) is 2.35. The van der Waals surface area contributed by atoms with Gasteiger partial charge in [0.2, 0.25) is 0 Å². The first-order chi connectivity index (χ1) is 8.79. The maximum atomic E-state index is 8.84. The molecule has 0 saturated carbocycles. The average molecular weight is 244 g/mol. The Bertz CT molecular complexity index is 431. The predicted molar refractivity (Wildman–Crippen MR) is 71.6 cm³/mol. The molecule has 1 aromatic rings. The number of piperidine rings is 1. The maximum absolute atomic E-state index is 8.84. The van der Waals surface area contributed by atoms with Crippen LogP contribution < -0.4 is 10.1 Å². The van der Waals surface area contributed by atoms with Gasteiger partial charge >= 0.3 is 0 Å². The van der Waals surface area contributed by atoms with Crippen LogP contribution in [-0.2, 0) is 6.42 Å². The van der Waals surface area contributed by atoms with E-state index in [1.165, 1.54) is 18.4 Å². The van der Waals surface area contributed by atoms with E-state index in [0.29, 0.717) is 12.3 Å². The van der Waals surface area contributed by atoms with Gasteiger partial charge in [-0.2, -0.15) is 5.26 Å². The molecule has 1 aliphatic heterocycles. The average Bonchev–Trinajstić information content (AvgIpc) is 2.39. The number of nitrogens with one attached hydrogen (secondary N) is 1. The Morgan fingerprint density at radius 1 is 1.50 bits per heavy atom. The quantitative estimate of drug-likeness (QED) is 0.884. The second-order valence-electron chi connectivity index (χ2n) is 4.97. The molecule has 1 heterocycles. The van der Waals surface area contributed by atoms with Crippen molar-refractivity contribution in [3.05, 3.63) is 29.3 Å². The molecule has 0 spiro atoms. The molecule has 1 aliphatic rings. The van der Waals surface area contributed by atoms with Crippen LogP contribution in [0.4, 0.5) is 0 Å². The first-order valence-electron chi connectivity index (χ1n) is 6.59. The van der Waals surface area contributed by atoms with Gasteiger partial charge in [-0.1, -0.05) is 17.7 Å². The van der Waals surface area contributed by atoms with E-state index in [0.717, 1.165) is 31.0 Å². The van der Waals surface area contributed by atoms with Crippen LogP contribution in [0.2, 0.25) is 0 Å². The molecule has 0 bridgehead atoms. The zero-order chi connectivity index (χ0) is 12.8. The Labute approximate surface area is 109 Å². The second-order valence-corrected chi connectivity index (χ2v) is 4.97. The molecule has 3 nitrogen and oxygen atoms in total. The molecule has 1 aromatic carbocycles. The van der Waals surface area contributed by atoms with Gasteiger partial charge in [-0.25, -0.2) is 0 Å². The lowest BCUT2D eigenvalue weighted by atomic mass is 10.0. The van der Waals surface area contributed by atoms with Crippen LogP contribution in [-0.4, -0.2) is 19.7 Å². The highest BCUT2D eigenvalue weighted by Gasteiger charge is 2.14. The van der Waals surface area contributed by atoms with Gasteiger partial charge in [0, 0.05) is 18.0 Å². The van der Waals surface area contributed by atoms with Crippen LogP contribution in [0.5, 0.6) is 5.75 Å². The molecular formula is C15H20N2O. The monoisotopic (exact) mass is 244 g/mol. The maximum Gasteiger partial charge on any atom is 0.123 e. The SMILES string of the molecule is Cc1ccc(OCC2CCCNC2)c(CC#N)c1. The Morgan fingerprint density at radius 3 is 3.11 bits per heavy atom. The lowest BCUT2D eigenvalue weighted by Gasteiger charge is -2.23. The number of hydrogen-bond donors (Lipinski definition) is 1. The number of benzene rings is 1. The van der Waals surface area contributed by atoms with Crippen molar-refractivity contribution < 1.29 is 4.74 Å². The Balaban J connectivity index is 1.97. The Morgan fingerprint density at radius 2 is 2.39 bits per heavy atom. The van der Waals surface area contributed by atoms with E-state index in [4.69, 9.17) is 10.00 Å². The van der Waals surface area contributed by atoms with Gasteiger partial charge in [-0.05, 0) is 32.4 Å². The van der Waals surface area contributed by atoms with Gasteiger partial charge in [0.25, 0.3) is 0 Å². The number of rotatable bonds is 4. The summed E-state index contributed by atoms with van der Waals surface area (Å²) in [4.78, 5) is 0. The number of hydrogen-bond acceptors (Lipinski definition) is 3. The Hall–Kier alpha value is -1.53. The van der Waals surface area contributed by atoms with E-state index in [1.807, 2.05) is 25.1 Å². The standard InChI is InChI=1S/C15H20N2O/c1-12-4-5-15(14(9-12)6-7-16)18-11-13-3-2-8-17-10-13/h4-5,9,13,17H,2-3,6,8,10-11H2,1H3. The minimum atomic E-state index is 0.417. The molecule has 1 fully saturated rings. The molecule has 1 saturated heterocycles. The van der Waals surface area contributed by atoms with Gasteiger partial charge in [-0.3, -0.25) is 0 Å². The van der Waals surface area contributed by atoms with E-state index in [1.54, 1.807) is 0 Å². The van der Waals surface area contributed by atoms with Crippen molar-refractivity contribution in [2.45, 2.75) is 26.2 Å². The highest BCUT2D eigenvalue weighted by molar-refractivity contribution is 5.38. The van der Waals surface area contributed by atoms with E-state index in [9.17, 15) is 0 Å². The Kier molecular flexibility index (Phi) is 4.60. The van der Waals surface area contributed by atoms with Gasteiger partial charge in [0.15, 0.2) is 0 Å². The molecule has 0 radical (unpaired) electrons. The van der Waals surface area contributed by atoms with Gasteiger partial charge in [-0.15, -0.1) is 0 Å². The summed E-state index contributed by atoms with van der Waals surface area (Å²) >= 11 is 0. The van der Waals surface area contributed by atoms with Crippen LogP contribution in [0.1, 0.15) is 24.0 Å². The van der Waals surface area contributed by atoms with Gasteiger partial charge in [0.1, 0.15) is 5.75 Å². The van der Waals surface area contributed by atoms with Crippen molar-refractivity contribution in [2.24, 2.45) is 5.92 Å². The summed E-state index contributed by atoms with van der Waals surface area (Å²) in [5.74, 6) is 1.46. The number of aryl methyl sites for hydroxylation is 1. The smallest absolute Gasteiger partial charge is 0.123 e. The topological polar surface area (TPSA) is 45.0 Å². The molecule has 1 atom stereocenters. The largest absolute Gasteiger partial charge is 0.493 e. The van der Waals surface area contributed by atoms with Crippen molar-refractivity contribution in [2.75, 3.05) is 19.7 Å². The van der Waals surface area contributed by atoms with E-state index < -0.39 is 0 Å². The molecule has 1 N–H and O–H groups in total. The van der Waals surface area contributed by atoms with Gasteiger partial charge < -0.3 is 10.1 Å². The molecule has 0 aliphatic carbocycles.